The number of alkyl halides is 5. The third kappa shape index (κ3) is 5.27. The van der Waals surface area contributed by atoms with Gasteiger partial charge >= 0.3 is 6.36 Å². The van der Waals surface area contributed by atoms with E-state index in [1.165, 1.54) is 23.1 Å². The lowest BCUT2D eigenvalue weighted by Crippen LogP contribution is -2.43. The first-order valence-corrected chi connectivity index (χ1v) is 10.9. The van der Waals surface area contributed by atoms with Gasteiger partial charge < -0.3 is 19.7 Å². The summed E-state index contributed by atoms with van der Waals surface area (Å²) in [6, 6.07) is 4.85. The van der Waals surface area contributed by atoms with E-state index in [-0.39, 0.29) is 35.8 Å². The number of carbonyl (C=O) groups is 2. The van der Waals surface area contributed by atoms with E-state index in [0.717, 1.165) is 17.4 Å². The number of nitrogens with zero attached hydrogens (tertiary/aromatic N) is 1. The van der Waals surface area contributed by atoms with Crippen LogP contribution < -0.4 is 10.1 Å². The van der Waals surface area contributed by atoms with Crippen LogP contribution in [0.25, 0.3) is 0 Å². The molecular formula is C21H19F5N2O4S. The molecule has 0 unspecified atom stereocenters. The van der Waals surface area contributed by atoms with Crippen LogP contribution in [0.2, 0.25) is 0 Å². The number of piperidine rings is 1. The van der Waals surface area contributed by atoms with Gasteiger partial charge in [0.15, 0.2) is 0 Å². The number of thiophene rings is 1. The van der Waals surface area contributed by atoms with E-state index in [0.29, 0.717) is 23.5 Å². The van der Waals surface area contributed by atoms with Gasteiger partial charge in [0.2, 0.25) is 0 Å². The Balaban J connectivity index is 1.63. The van der Waals surface area contributed by atoms with Crippen LogP contribution in [0.4, 0.5) is 27.0 Å². The topological polar surface area (TPSA) is 67.9 Å². The van der Waals surface area contributed by atoms with Crippen molar-refractivity contribution < 1.29 is 41.0 Å². The van der Waals surface area contributed by atoms with E-state index in [1.807, 2.05) is 0 Å². The highest BCUT2D eigenvalue weighted by atomic mass is 32.1. The highest BCUT2D eigenvalue weighted by Crippen LogP contribution is 2.39. The van der Waals surface area contributed by atoms with Crippen molar-refractivity contribution in [2.75, 3.05) is 25.0 Å². The fraction of sp³-hybridized carbons (Fsp3) is 0.429. The minimum absolute atomic E-state index is 0.136. The minimum atomic E-state index is -4.99. The Labute approximate surface area is 189 Å². The monoisotopic (exact) mass is 490 g/mol. The van der Waals surface area contributed by atoms with Gasteiger partial charge in [0.1, 0.15) is 10.8 Å². The molecule has 1 aromatic heterocycles. The molecule has 2 amide bonds. The van der Waals surface area contributed by atoms with Gasteiger partial charge in [-0.25, -0.2) is 8.78 Å². The van der Waals surface area contributed by atoms with Crippen molar-refractivity contribution in [2.24, 2.45) is 0 Å². The van der Waals surface area contributed by atoms with E-state index in [9.17, 15) is 31.5 Å². The Kier molecular flexibility index (Phi) is 6.32. The minimum Gasteiger partial charge on any atom is -0.405 e. The first kappa shape index (κ1) is 23.4. The quantitative estimate of drug-likeness (QED) is 0.623. The Morgan fingerprint density at radius 1 is 1.15 bits per heavy atom. The Morgan fingerprint density at radius 2 is 1.85 bits per heavy atom. The number of anilines is 1. The van der Waals surface area contributed by atoms with Crippen LogP contribution in [-0.4, -0.2) is 48.7 Å². The van der Waals surface area contributed by atoms with E-state index in [1.54, 1.807) is 0 Å². The number of nitrogens with one attached hydrogen (secondary N) is 1. The Hall–Kier alpha value is -2.73. The Bertz CT molecular complexity index is 1060. The lowest BCUT2D eigenvalue weighted by Gasteiger charge is -2.32. The molecule has 0 saturated carbocycles. The highest BCUT2D eigenvalue weighted by Gasteiger charge is 2.38. The van der Waals surface area contributed by atoms with Gasteiger partial charge in [-0.3, -0.25) is 9.59 Å². The zero-order valence-electron chi connectivity index (χ0n) is 17.1. The van der Waals surface area contributed by atoms with Crippen molar-refractivity contribution in [1.29, 1.82) is 0 Å². The van der Waals surface area contributed by atoms with Gasteiger partial charge in [-0.15, -0.1) is 24.5 Å². The number of likely N-dealkylation sites (tertiary alicyclic amines) is 1. The lowest BCUT2D eigenvalue weighted by atomic mass is 10.0. The van der Waals surface area contributed by atoms with Crippen molar-refractivity contribution in [2.45, 2.75) is 38.2 Å². The van der Waals surface area contributed by atoms with E-state index in [2.05, 4.69) is 10.1 Å². The molecule has 1 fully saturated rings. The molecule has 2 aliphatic rings. The number of halogens is 5. The van der Waals surface area contributed by atoms with Gasteiger partial charge in [-0.2, -0.15) is 0 Å². The summed E-state index contributed by atoms with van der Waals surface area (Å²) >= 11 is 1.08. The predicted octanol–water partition coefficient (Wildman–Crippen LogP) is 4.84. The number of carbonyl (C=O) groups excluding carboxylic acids is 2. The van der Waals surface area contributed by atoms with Crippen molar-refractivity contribution >= 4 is 28.2 Å². The fourth-order valence-electron chi connectivity index (χ4n) is 3.78. The van der Waals surface area contributed by atoms with Crippen LogP contribution in [0.3, 0.4) is 0 Å². The smallest absolute Gasteiger partial charge is 0.405 e. The molecule has 178 valence electrons. The molecule has 6 nitrogen and oxygen atoms in total. The number of fused-ring (bicyclic) bond motifs is 1. The SMILES string of the molecule is O=C(Nc1sc2c(c1C(=O)N1CCC(F)(F)CC1)CCOC2)c1ccccc1OC(F)(F)F. The van der Waals surface area contributed by atoms with Gasteiger partial charge in [-0.1, -0.05) is 12.1 Å². The summed E-state index contributed by atoms with van der Waals surface area (Å²) in [5, 5.41) is 2.67. The second-order valence-corrected chi connectivity index (χ2v) is 8.76. The standard InChI is InChI=1S/C21H19F5N2O4S/c22-20(23)6-8-28(9-7-20)19(30)16-13-5-10-31-11-15(13)33-18(16)27-17(29)12-3-1-2-4-14(12)32-21(24,25)26/h1-4H,5-11H2,(H,27,29). The first-order chi connectivity index (χ1) is 15.5. The average Bonchev–Trinajstić information content (AvgIpc) is 3.10. The van der Waals surface area contributed by atoms with E-state index < -0.39 is 42.7 Å². The number of ether oxygens (including phenoxy) is 2. The van der Waals surface area contributed by atoms with Crippen molar-refractivity contribution in [1.82, 2.24) is 4.90 Å². The number of benzene rings is 1. The van der Waals surface area contributed by atoms with E-state index in [4.69, 9.17) is 4.74 Å². The van der Waals surface area contributed by atoms with Gasteiger partial charge in [-0.05, 0) is 24.1 Å². The molecule has 33 heavy (non-hydrogen) atoms. The summed E-state index contributed by atoms with van der Waals surface area (Å²) in [4.78, 5) is 28.1. The van der Waals surface area contributed by atoms with Crippen LogP contribution >= 0.6 is 11.3 Å². The van der Waals surface area contributed by atoms with Crippen molar-refractivity contribution in [3.63, 3.8) is 0 Å². The van der Waals surface area contributed by atoms with Crippen molar-refractivity contribution in [3.05, 3.63) is 45.8 Å². The molecule has 12 heteroatoms. The molecular weight excluding hydrogens is 471 g/mol. The molecule has 0 bridgehead atoms. The van der Waals surface area contributed by atoms with Crippen LogP contribution in [0.15, 0.2) is 24.3 Å². The number of para-hydroxylation sites is 1. The summed E-state index contributed by atoms with van der Waals surface area (Å²) < 4.78 is 74.6. The predicted molar refractivity (Wildman–Crippen MR) is 109 cm³/mol. The zero-order valence-corrected chi connectivity index (χ0v) is 18.0. The van der Waals surface area contributed by atoms with Gasteiger partial charge in [0.05, 0.1) is 24.3 Å². The lowest BCUT2D eigenvalue weighted by molar-refractivity contribution is -0.274. The molecule has 2 aliphatic heterocycles. The maximum absolute atomic E-state index is 13.5. The Morgan fingerprint density at radius 3 is 2.55 bits per heavy atom. The zero-order chi connectivity index (χ0) is 23.8. The van der Waals surface area contributed by atoms with Gasteiger partial charge in [0, 0.05) is 30.8 Å². The summed E-state index contributed by atoms with van der Waals surface area (Å²) in [7, 11) is 0. The molecule has 1 saturated heterocycles. The second-order valence-electron chi connectivity index (χ2n) is 7.66. The third-order valence-electron chi connectivity index (χ3n) is 5.40. The second kappa shape index (κ2) is 8.90. The molecule has 1 N–H and O–H groups in total. The van der Waals surface area contributed by atoms with E-state index >= 15 is 0 Å². The largest absolute Gasteiger partial charge is 0.573 e. The van der Waals surface area contributed by atoms with Crippen LogP contribution in [-0.2, 0) is 17.8 Å². The molecule has 1 aromatic carbocycles. The molecule has 3 heterocycles. The maximum Gasteiger partial charge on any atom is 0.573 e. The highest BCUT2D eigenvalue weighted by molar-refractivity contribution is 7.17. The van der Waals surface area contributed by atoms with Crippen LogP contribution in [0, 0.1) is 0 Å². The molecule has 0 radical (unpaired) electrons. The number of rotatable bonds is 4. The number of hydrogen-bond acceptors (Lipinski definition) is 5. The molecule has 0 aliphatic carbocycles. The molecule has 0 atom stereocenters. The maximum atomic E-state index is 13.5. The average molecular weight is 490 g/mol. The molecule has 2 aromatic rings. The molecule has 4 rings (SSSR count). The van der Waals surface area contributed by atoms with Gasteiger partial charge in [0.25, 0.3) is 17.7 Å². The number of amides is 2. The first-order valence-electron chi connectivity index (χ1n) is 10.1. The van der Waals surface area contributed by atoms with Crippen LogP contribution in [0.1, 0.15) is 44.0 Å². The summed E-state index contributed by atoms with van der Waals surface area (Å²) in [5.41, 5.74) is 0.461. The molecule has 0 spiro atoms. The fourth-order valence-corrected chi connectivity index (χ4v) is 4.95. The summed E-state index contributed by atoms with van der Waals surface area (Å²) in [6.07, 6.45) is -5.52. The summed E-state index contributed by atoms with van der Waals surface area (Å²) in [6.45, 7) is 0.283. The third-order valence-corrected chi connectivity index (χ3v) is 6.52. The normalized spacial score (nSPS) is 17.9. The van der Waals surface area contributed by atoms with Crippen LogP contribution in [0.5, 0.6) is 5.75 Å². The number of hydrogen-bond donors (Lipinski definition) is 1. The van der Waals surface area contributed by atoms with Crippen molar-refractivity contribution in [3.8, 4) is 5.75 Å². The summed E-state index contributed by atoms with van der Waals surface area (Å²) in [5.74, 6) is -4.91.